The van der Waals surface area contributed by atoms with E-state index in [0.717, 1.165) is 56.5 Å². The zero-order valence-electron chi connectivity index (χ0n) is 22.6. The monoisotopic (exact) mass is 500 g/mol. The fraction of sp³-hybridized carbons (Fsp3) is 0.800. The Hall–Kier alpha value is -1.66. The van der Waals surface area contributed by atoms with Gasteiger partial charge in [0.25, 0.3) is 0 Å². The molecule has 6 aliphatic rings. The highest BCUT2D eigenvalue weighted by atomic mass is 16.6. The van der Waals surface area contributed by atoms with Gasteiger partial charge in [-0.05, 0) is 88.2 Å². The number of allylic oxidation sites excluding steroid dienone is 1. The van der Waals surface area contributed by atoms with Crippen molar-refractivity contribution in [2.45, 2.75) is 121 Å². The van der Waals surface area contributed by atoms with Gasteiger partial charge in [-0.2, -0.15) is 0 Å². The normalized spacial score (nSPS) is 35.8. The summed E-state index contributed by atoms with van der Waals surface area (Å²) in [5.74, 6) is 2.88. The van der Waals surface area contributed by atoms with E-state index in [1.807, 2.05) is 0 Å². The lowest BCUT2D eigenvalue weighted by molar-refractivity contribution is -0.130. The van der Waals surface area contributed by atoms with Crippen molar-refractivity contribution in [3.8, 4) is 0 Å². The molecular formula is C30H48N2O4. The molecule has 2 aliphatic carbocycles. The van der Waals surface area contributed by atoms with Crippen LogP contribution in [0.1, 0.15) is 90.9 Å². The number of rotatable bonds is 7. The van der Waals surface area contributed by atoms with Crippen LogP contribution >= 0.6 is 0 Å². The van der Waals surface area contributed by atoms with Gasteiger partial charge in [0, 0.05) is 32.0 Å². The third kappa shape index (κ3) is 7.22. The van der Waals surface area contributed by atoms with Crippen LogP contribution in [0.3, 0.4) is 0 Å². The summed E-state index contributed by atoms with van der Waals surface area (Å²) in [6.07, 6.45) is 19.5. The highest BCUT2D eigenvalue weighted by Crippen LogP contribution is 2.43. The number of likely N-dealkylation sites (tertiary alicyclic amines) is 2. The molecule has 0 bridgehead atoms. The number of epoxide rings is 2. The molecule has 4 heterocycles. The van der Waals surface area contributed by atoms with Crippen LogP contribution in [-0.4, -0.2) is 65.2 Å². The van der Waals surface area contributed by atoms with Gasteiger partial charge in [0.2, 0.25) is 11.8 Å². The molecule has 0 aromatic rings. The lowest BCUT2D eigenvalue weighted by atomic mass is 9.78. The van der Waals surface area contributed by atoms with Crippen LogP contribution in [-0.2, 0) is 19.1 Å². The molecule has 0 N–H and O–H groups in total. The zero-order valence-corrected chi connectivity index (χ0v) is 22.6. The molecule has 8 unspecified atom stereocenters. The summed E-state index contributed by atoms with van der Waals surface area (Å²) in [6, 6.07) is 0.475. The van der Waals surface area contributed by atoms with E-state index in [1.165, 1.54) is 44.9 Å². The molecule has 8 atom stereocenters. The van der Waals surface area contributed by atoms with Crippen molar-refractivity contribution in [1.29, 1.82) is 0 Å². The van der Waals surface area contributed by atoms with E-state index in [4.69, 9.17) is 9.47 Å². The molecule has 6 nitrogen and oxygen atoms in total. The van der Waals surface area contributed by atoms with Crippen LogP contribution < -0.4 is 0 Å². The molecule has 0 aromatic heterocycles. The number of hydrogen-bond acceptors (Lipinski definition) is 4. The van der Waals surface area contributed by atoms with Crippen LogP contribution in [0.15, 0.2) is 25.4 Å². The second kappa shape index (κ2) is 12.7. The van der Waals surface area contributed by atoms with Crippen molar-refractivity contribution < 1.29 is 19.1 Å². The van der Waals surface area contributed by atoms with Crippen LogP contribution in [0.5, 0.6) is 0 Å². The van der Waals surface area contributed by atoms with Crippen molar-refractivity contribution in [2.24, 2.45) is 17.8 Å². The van der Waals surface area contributed by atoms with Crippen molar-refractivity contribution in [2.75, 3.05) is 13.1 Å². The van der Waals surface area contributed by atoms with Gasteiger partial charge >= 0.3 is 0 Å². The average Bonchev–Trinajstić information content (AvgIpc) is 3.77. The van der Waals surface area contributed by atoms with Gasteiger partial charge in [-0.25, -0.2) is 0 Å². The summed E-state index contributed by atoms with van der Waals surface area (Å²) in [6.45, 7) is 13.7. The van der Waals surface area contributed by atoms with Gasteiger partial charge in [0.1, 0.15) is 0 Å². The van der Waals surface area contributed by atoms with Crippen molar-refractivity contribution >= 4 is 11.8 Å². The first kappa shape index (κ1) is 27.4. The predicted octanol–water partition coefficient (Wildman–Crippen LogP) is 5.47. The van der Waals surface area contributed by atoms with Crippen molar-refractivity contribution in [3.63, 3.8) is 0 Å². The summed E-state index contributed by atoms with van der Waals surface area (Å²) in [5, 5.41) is 0. The minimum atomic E-state index is 0.208. The SMILES string of the molecule is C=CC1CCC2OC2C1.C=CN1CCCC1=O.CCC(CC(C)C1CCC2OC2C1)N1CCCC1=O. The first-order chi connectivity index (χ1) is 17.4. The van der Waals surface area contributed by atoms with Gasteiger partial charge in [-0.1, -0.05) is 26.5 Å². The lowest BCUT2D eigenvalue weighted by Gasteiger charge is -2.33. The Morgan fingerprint density at radius 2 is 1.58 bits per heavy atom. The molecule has 4 saturated heterocycles. The first-order valence-corrected chi connectivity index (χ1v) is 14.6. The maximum absolute atomic E-state index is 11.9. The largest absolute Gasteiger partial charge is 0.370 e. The highest BCUT2D eigenvalue weighted by molar-refractivity contribution is 5.79. The molecular weight excluding hydrogens is 452 g/mol. The van der Waals surface area contributed by atoms with Gasteiger partial charge in [0.05, 0.1) is 24.4 Å². The van der Waals surface area contributed by atoms with Gasteiger partial charge in [-0.15, -0.1) is 6.58 Å². The molecule has 202 valence electrons. The van der Waals surface area contributed by atoms with Crippen LogP contribution in [0.25, 0.3) is 0 Å². The maximum Gasteiger partial charge on any atom is 0.226 e. The number of amides is 2. The number of carbonyl (C=O) groups is 2. The molecule has 6 rings (SSSR count). The minimum Gasteiger partial charge on any atom is -0.370 e. The van der Waals surface area contributed by atoms with Crippen LogP contribution in [0, 0.1) is 17.8 Å². The summed E-state index contributed by atoms with van der Waals surface area (Å²) in [5.41, 5.74) is 0. The Kier molecular flexibility index (Phi) is 9.68. The third-order valence-corrected chi connectivity index (χ3v) is 9.22. The molecule has 0 spiro atoms. The Balaban J connectivity index is 0.000000148. The smallest absolute Gasteiger partial charge is 0.226 e. The Bertz CT molecular complexity index is 785. The van der Waals surface area contributed by atoms with Gasteiger partial charge < -0.3 is 19.3 Å². The summed E-state index contributed by atoms with van der Waals surface area (Å²) in [7, 11) is 0. The van der Waals surface area contributed by atoms with E-state index in [9.17, 15) is 9.59 Å². The summed E-state index contributed by atoms with van der Waals surface area (Å²) < 4.78 is 11.0. The lowest BCUT2D eigenvalue weighted by Crippen LogP contribution is -2.38. The van der Waals surface area contributed by atoms with Gasteiger partial charge in [-0.3, -0.25) is 9.59 Å². The topological polar surface area (TPSA) is 65.7 Å². The number of carbonyl (C=O) groups excluding carboxylic acids is 2. The molecule has 2 saturated carbocycles. The molecule has 0 aromatic carbocycles. The molecule has 2 amide bonds. The van der Waals surface area contributed by atoms with E-state index in [2.05, 4.69) is 38.0 Å². The minimum absolute atomic E-state index is 0.208. The van der Waals surface area contributed by atoms with E-state index < -0.39 is 0 Å². The number of fused-ring (bicyclic) bond motifs is 2. The fourth-order valence-corrected chi connectivity index (χ4v) is 6.65. The number of ether oxygens (including phenoxy) is 2. The van der Waals surface area contributed by atoms with E-state index in [-0.39, 0.29) is 5.91 Å². The van der Waals surface area contributed by atoms with Crippen LogP contribution in [0.2, 0.25) is 0 Å². The van der Waals surface area contributed by atoms with E-state index in [0.29, 0.717) is 42.8 Å². The molecule has 0 radical (unpaired) electrons. The summed E-state index contributed by atoms with van der Waals surface area (Å²) in [4.78, 5) is 26.4. The molecule has 6 heteroatoms. The standard InChI is InChI=1S/C16H27NO2.C8H12O.C6H9NO/c1-3-13(17-8-4-5-16(17)18)9-11(2)12-6-7-14-15(10-12)19-14;1-2-6-3-4-7-8(5-6)9-7;1-2-7-5-3-4-6(7)8/h11-15H,3-10H2,1-2H3;2,6-8H,1,3-5H2;2H,1,3-5H2. The predicted molar refractivity (Wildman–Crippen MR) is 142 cm³/mol. The average molecular weight is 501 g/mol. The Morgan fingerprint density at radius 3 is 2.08 bits per heavy atom. The zero-order chi connectivity index (χ0) is 25.7. The van der Waals surface area contributed by atoms with Crippen LogP contribution in [0.4, 0.5) is 0 Å². The second-order valence-corrected chi connectivity index (χ2v) is 11.6. The molecule has 36 heavy (non-hydrogen) atoms. The van der Waals surface area contributed by atoms with Gasteiger partial charge in [0.15, 0.2) is 0 Å². The number of hydrogen-bond donors (Lipinski definition) is 0. The molecule has 4 aliphatic heterocycles. The van der Waals surface area contributed by atoms with E-state index in [1.54, 1.807) is 11.1 Å². The van der Waals surface area contributed by atoms with Crippen molar-refractivity contribution in [1.82, 2.24) is 9.80 Å². The highest BCUT2D eigenvalue weighted by Gasteiger charge is 2.45. The van der Waals surface area contributed by atoms with Crippen molar-refractivity contribution in [3.05, 3.63) is 25.4 Å². The maximum atomic E-state index is 11.9. The quantitative estimate of drug-likeness (QED) is 0.343. The summed E-state index contributed by atoms with van der Waals surface area (Å²) >= 11 is 0. The number of nitrogens with zero attached hydrogens (tertiary/aromatic N) is 2. The van der Waals surface area contributed by atoms with E-state index >= 15 is 0 Å². The Labute approximate surface area is 218 Å². The molecule has 6 fully saturated rings. The fourth-order valence-electron chi connectivity index (χ4n) is 6.65. The first-order valence-electron chi connectivity index (χ1n) is 14.6. The third-order valence-electron chi connectivity index (χ3n) is 9.22. The second-order valence-electron chi connectivity index (χ2n) is 11.6. The Morgan fingerprint density at radius 1 is 0.917 bits per heavy atom.